The van der Waals surface area contributed by atoms with Gasteiger partial charge in [-0.15, -0.1) is 11.3 Å². The summed E-state index contributed by atoms with van der Waals surface area (Å²) in [6.45, 7) is 2.71. The molecule has 8 nitrogen and oxygen atoms in total. The quantitative estimate of drug-likeness (QED) is 0.704. The van der Waals surface area contributed by atoms with E-state index in [9.17, 15) is 4.79 Å². The summed E-state index contributed by atoms with van der Waals surface area (Å²) in [4.78, 5) is 29.6. The van der Waals surface area contributed by atoms with Crippen LogP contribution in [0, 0.1) is 0 Å². The Bertz CT molecular complexity index is 868. The summed E-state index contributed by atoms with van der Waals surface area (Å²) in [6.07, 6.45) is 7.11. The fourth-order valence-electron chi connectivity index (χ4n) is 2.76. The van der Waals surface area contributed by atoms with Crippen LogP contribution in [0.4, 0.5) is 5.95 Å². The van der Waals surface area contributed by atoms with Crippen LogP contribution in [0.5, 0.6) is 0 Å². The number of carbonyl (C=O) groups excluding carboxylic acids is 1. The van der Waals surface area contributed by atoms with Gasteiger partial charge in [-0.05, 0) is 6.07 Å². The molecule has 1 saturated heterocycles. The molecule has 1 amide bonds. The minimum atomic E-state index is -0.0278. The van der Waals surface area contributed by atoms with Crippen molar-refractivity contribution < 1.29 is 4.79 Å². The summed E-state index contributed by atoms with van der Waals surface area (Å²) in [5, 5.41) is 6.77. The Morgan fingerprint density at radius 1 is 1.16 bits per heavy atom. The van der Waals surface area contributed by atoms with E-state index in [0.29, 0.717) is 24.7 Å². The van der Waals surface area contributed by atoms with E-state index in [2.05, 4.69) is 25.0 Å². The van der Waals surface area contributed by atoms with Crippen LogP contribution in [0.2, 0.25) is 0 Å². The highest BCUT2D eigenvalue weighted by Crippen LogP contribution is 2.24. The summed E-state index contributed by atoms with van der Waals surface area (Å²) in [6, 6.07) is 1.80. The predicted octanol–water partition coefficient (Wildman–Crippen LogP) is 1.30. The van der Waals surface area contributed by atoms with E-state index in [0.717, 1.165) is 23.7 Å². The van der Waals surface area contributed by atoms with Gasteiger partial charge < -0.3 is 9.80 Å². The van der Waals surface area contributed by atoms with Crippen LogP contribution in [0.3, 0.4) is 0 Å². The van der Waals surface area contributed by atoms with Gasteiger partial charge in [0.05, 0.1) is 6.20 Å². The summed E-state index contributed by atoms with van der Waals surface area (Å²) < 4.78 is 1.73. The van der Waals surface area contributed by atoms with E-state index < -0.39 is 0 Å². The Kier molecular flexibility index (Phi) is 4.14. The van der Waals surface area contributed by atoms with Gasteiger partial charge in [-0.1, -0.05) is 0 Å². The van der Waals surface area contributed by atoms with Gasteiger partial charge in [0, 0.05) is 62.8 Å². The summed E-state index contributed by atoms with van der Waals surface area (Å²) in [5.74, 6) is 0.683. The molecule has 1 fully saturated rings. The molecule has 3 aromatic heterocycles. The smallest absolute Gasteiger partial charge is 0.273 e. The van der Waals surface area contributed by atoms with Gasteiger partial charge in [0.15, 0.2) is 0 Å². The molecule has 4 rings (SSSR count). The topological polar surface area (TPSA) is 80.0 Å². The molecule has 0 aromatic carbocycles. The van der Waals surface area contributed by atoms with Crippen LogP contribution in [-0.2, 0) is 7.05 Å². The highest BCUT2D eigenvalue weighted by molar-refractivity contribution is 7.13. The van der Waals surface area contributed by atoms with Gasteiger partial charge in [0.2, 0.25) is 5.95 Å². The van der Waals surface area contributed by atoms with Crippen molar-refractivity contribution in [3.8, 4) is 10.6 Å². The van der Waals surface area contributed by atoms with Crippen LogP contribution < -0.4 is 4.90 Å². The molecule has 0 spiro atoms. The highest BCUT2D eigenvalue weighted by Gasteiger charge is 2.25. The Labute approximate surface area is 148 Å². The van der Waals surface area contributed by atoms with E-state index in [4.69, 9.17) is 0 Å². The van der Waals surface area contributed by atoms with E-state index in [1.54, 1.807) is 29.3 Å². The number of aromatic nitrogens is 5. The van der Waals surface area contributed by atoms with Crippen LogP contribution in [0.15, 0.2) is 36.2 Å². The SMILES string of the molecule is Cn1cc(-c2nc(C(=O)N3CCN(c4ncccn4)CC3)cs2)cn1. The van der Waals surface area contributed by atoms with Crippen LogP contribution in [0.25, 0.3) is 10.6 Å². The molecule has 0 unspecified atom stereocenters. The number of anilines is 1. The van der Waals surface area contributed by atoms with Crippen molar-refractivity contribution >= 4 is 23.2 Å². The maximum Gasteiger partial charge on any atom is 0.273 e. The second kappa shape index (κ2) is 6.60. The van der Waals surface area contributed by atoms with Gasteiger partial charge in [0.1, 0.15) is 10.7 Å². The van der Waals surface area contributed by atoms with Crippen molar-refractivity contribution in [1.82, 2.24) is 29.6 Å². The number of rotatable bonds is 3. The molecular formula is C16H17N7OS. The molecule has 1 aliphatic rings. The molecule has 128 valence electrons. The fourth-order valence-corrected chi connectivity index (χ4v) is 3.53. The van der Waals surface area contributed by atoms with Gasteiger partial charge in [-0.2, -0.15) is 5.10 Å². The molecule has 0 bridgehead atoms. The lowest BCUT2D eigenvalue weighted by Crippen LogP contribution is -2.49. The normalized spacial score (nSPS) is 14.8. The first-order chi connectivity index (χ1) is 12.2. The second-order valence-corrected chi connectivity index (χ2v) is 6.63. The van der Waals surface area contributed by atoms with Crippen LogP contribution in [-0.4, -0.2) is 61.7 Å². The molecule has 0 N–H and O–H groups in total. The van der Waals surface area contributed by atoms with Crippen LogP contribution in [0.1, 0.15) is 10.5 Å². The minimum absolute atomic E-state index is 0.0278. The number of amides is 1. The van der Waals surface area contributed by atoms with Crippen molar-refractivity contribution in [2.45, 2.75) is 0 Å². The van der Waals surface area contributed by atoms with Crippen molar-refractivity contribution in [1.29, 1.82) is 0 Å². The van der Waals surface area contributed by atoms with Gasteiger partial charge in [-0.25, -0.2) is 15.0 Å². The van der Waals surface area contributed by atoms with Gasteiger partial charge in [-0.3, -0.25) is 9.48 Å². The second-order valence-electron chi connectivity index (χ2n) is 5.77. The molecule has 0 radical (unpaired) electrons. The lowest BCUT2D eigenvalue weighted by atomic mass is 10.3. The van der Waals surface area contributed by atoms with Crippen molar-refractivity contribution in [3.63, 3.8) is 0 Å². The molecular weight excluding hydrogens is 338 g/mol. The van der Waals surface area contributed by atoms with E-state index in [-0.39, 0.29) is 5.91 Å². The zero-order valence-electron chi connectivity index (χ0n) is 13.7. The third-order valence-electron chi connectivity index (χ3n) is 4.08. The Morgan fingerprint density at radius 2 is 1.92 bits per heavy atom. The number of hydrogen-bond acceptors (Lipinski definition) is 7. The lowest BCUT2D eigenvalue weighted by molar-refractivity contribution is 0.0741. The predicted molar refractivity (Wildman–Crippen MR) is 94.5 cm³/mol. The summed E-state index contributed by atoms with van der Waals surface area (Å²) in [7, 11) is 1.86. The van der Waals surface area contributed by atoms with Gasteiger partial charge in [0.25, 0.3) is 5.91 Å². The molecule has 4 heterocycles. The molecule has 9 heteroatoms. The van der Waals surface area contributed by atoms with E-state index in [1.165, 1.54) is 11.3 Å². The number of piperazine rings is 1. The first kappa shape index (κ1) is 15.7. The minimum Gasteiger partial charge on any atom is -0.337 e. The standard InChI is InChI=1S/C16H17N7OS/c1-21-10-12(9-19-21)14-20-13(11-25-14)15(24)22-5-7-23(8-6-22)16-17-3-2-4-18-16/h2-4,9-11H,5-8H2,1H3. The largest absolute Gasteiger partial charge is 0.337 e. The number of nitrogens with zero attached hydrogens (tertiary/aromatic N) is 7. The lowest BCUT2D eigenvalue weighted by Gasteiger charge is -2.34. The maximum atomic E-state index is 12.7. The maximum absolute atomic E-state index is 12.7. The van der Waals surface area contributed by atoms with E-state index in [1.807, 2.05) is 23.5 Å². The first-order valence-electron chi connectivity index (χ1n) is 7.96. The zero-order valence-corrected chi connectivity index (χ0v) is 14.6. The highest BCUT2D eigenvalue weighted by atomic mass is 32.1. The molecule has 3 aromatic rings. The monoisotopic (exact) mass is 355 g/mol. The average Bonchev–Trinajstić information content (AvgIpc) is 3.31. The van der Waals surface area contributed by atoms with E-state index >= 15 is 0 Å². The third-order valence-corrected chi connectivity index (χ3v) is 4.97. The average molecular weight is 355 g/mol. The summed E-state index contributed by atoms with van der Waals surface area (Å²) in [5.41, 5.74) is 1.42. The fraction of sp³-hybridized carbons (Fsp3) is 0.312. The molecule has 25 heavy (non-hydrogen) atoms. The Balaban J connectivity index is 1.42. The van der Waals surface area contributed by atoms with Crippen molar-refractivity contribution in [2.24, 2.45) is 7.05 Å². The molecule has 1 aliphatic heterocycles. The van der Waals surface area contributed by atoms with Gasteiger partial charge >= 0.3 is 0 Å². The Hall–Kier alpha value is -2.81. The molecule has 0 atom stereocenters. The number of thiazole rings is 1. The van der Waals surface area contributed by atoms with Crippen molar-refractivity contribution in [3.05, 3.63) is 41.9 Å². The molecule has 0 aliphatic carbocycles. The Morgan fingerprint density at radius 3 is 2.60 bits per heavy atom. The number of hydrogen-bond donors (Lipinski definition) is 0. The molecule has 0 saturated carbocycles. The van der Waals surface area contributed by atoms with Crippen LogP contribution >= 0.6 is 11.3 Å². The number of carbonyl (C=O) groups is 1. The number of aryl methyl sites for hydroxylation is 1. The zero-order chi connectivity index (χ0) is 17.2. The van der Waals surface area contributed by atoms with Crippen molar-refractivity contribution in [2.75, 3.05) is 31.1 Å². The summed E-state index contributed by atoms with van der Waals surface area (Å²) >= 11 is 1.46. The third kappa shape index (κ3) is 3.22. The first-order valence-corrected chi connectivity index (χ1v) is 8.84.